The molecule has 0 aliphatic rings. The van der Waals surface area contributed by atoms with Gasteiger partial charge in [0.15, 0.2) is 11.6 Å². The standard InChI is InChI=1S/C10H7F2N3O2/c1-6-4-14(5-13-6)10-8(11)2-7(15(16)17)3-9(10)12/h2-5H,1H3. The molecule has 88 valence electrons. The van der Waals surface area contributed by atoms with Gasteiger partial charge in [0.05, 0.1) is 29.1 Å². The SMILES string of the molecule is Cc1cn(-c2c(F)cc([N+](=O)[O-])cc2F)cn1. The van der Waals surface area contributed by atoms with Gasteiger partial charge >= 0.3 is 0 Å². The van der Waals surface area contributed by atoms with Gasteiger partial charge in [-0.1, -0.05) is 0 Å². The van der Waals surface area contributed by atoms with Crippen molar-refractivity contribution in [2.75, 3.05) is 0 Å². The van der Waals surface area contributed by atoms with Crippen LogP contribution in [0.1, 0.15) is 5.69 Å². The van der Waals surface area contributed by atoms with E-state index in [1.165, 1.54) is 12.5 Å². The normalized spacial score (nSPS) is 10.5. The highest BCUT2D eigenvalue weighted by Gasteiger charge is 2.18. The molecule has 1 aromatic heterocycles. The number of hydrogen-bond acceptors (Lipinski definition) is 3. The number of imidazole rings is 1. The molecule has 1 heterocycles. The van der Waals surface area contributed by atoms with Crippen LogP contribution in [0.2, 0.25) is 0 Å². The van der Waals surface area contributed by atoms with E-state index < -0.39 is 22.2 Å². The topological polar surface area (TPSA) is 61.0 Å². The summed E-state index contributed by atoms with van der Waals surface area (Å²) in [4.78, 5) is 13.4. The van der Waals surface area contributed by atoms with Crippen molar-refractivity contribution in [3.63, 3.8) is 0 Å². The number of non-ortho nitro benzene ring substituents is 1. The lowest BCUT2D eigenvalue weighted by Crippen LogP contribution is -2.01. The van der Waals surface area contributed by atoms with Crippen molar-refractivity contribution >= 4 is 5.69 Å². The van der Waals surface area contributed by atoms with Crippen LogP contribution in [0.4, 0.5) is 14.5 Å². The predicted octanol–water partition coefficient (Wildman–Crippen LogP) is 2.37. The van der Waals surface area contributed by atoms with E-state index in [-0.39, 0.29) is 5.69 Å². The van der Waals surface area contributed by atoms with E-state index in [1.54, 1.807) is 6.92 Å². The average Bonchev–Trinajstić information content (AvgIpc) is 2.63. The van der Waals surface area contributed by atoms with Crippen LogP contribution < -0.4 is 0 Å². The van der Waals surface area contributed by atoms with E-state index in [0.717, 1.165) is 4.57 Å². The lowest BCUT2D eigenvalue weighted by molar-refractivity contribution is -0.385. The lowest BCUT2D eigenvalue weighted by Gasteiger charge is -2.05. The Labute approximate surface area is 94.5 Å². The van der Waals surface area contributed by atoms with E-state index in [0.29, 0.717) is 17.8 Å². The van der Waals surface area contributed by atoms with E-state index in [4.69, 9.17) is 0 Å². The van der Waals surface area contributed by atoms with Gasteiger partial charge in [-0.2, -0.15) is 0 Å². The first-order valence-corrected chi connectivity index (χ1v) is 4.63. The zero-order valence-electron chi connectivity index (χ0n) is 8.72. The Morgan fingerprint density at radius 3 is 2.35 bits per heavy atom. The molecule has 0 aliphatic heterocycles. The quantitative estimate of drug-likeness (QED) is 0.597. The molecule has 0 spiro atoms. The second-order valence-electron chi connectivity index (χ2n) is 3.44. The molecular formula is C10H7F2N3O2. The third-order valence-corrected chi connectivity index (χ3v) is 2.18. The summed E-state index contributed by atoms with van der Waals surface area (Å²) in [5.41, 5.74) is -0.418. The van der Waals surface area contributed by atoms with Crippen LogP contribution >= 0.6 is 0 Å². The van der Waals surface area contributed by atoms with Gasteiger partial charge in [-0.05, 0) is 6.92 Å². The zero-order chi connectivity index (χ0) is 12.6. The van der Waals surface area contributed by atoms with Crippen molar-refractivity contribution in [2.24, 2.45) is 0 Å². The van der Waals surface area contributed by atoms with Crippen molar-refractivity contribution < 1.29 is 13.7 Å². The van der Waals surface area contributed by atoms with Gasteiger partial charge in [0.1, 0.15) is 5.69 Å². The minimum Gasteiger partial charge on any atom is -0.301 e. The lowest BCUT2D eigenvalue weighted by atomic mass is 10.2. The minimum atomic E-state index is -1.01. The third-order valence-electron chi connectivity index (χ3n) is 2.18. The Morgan fingerprint density at radius 2 is 1.94 bits per heavy atom. The highest BCUT2D eigenvalue weighted by atomic mass is 19.1. The number of nitrogens with zero attached hydrogens (tertiary/aromatic N) is 3. The first-order chi connectivity index (χ1) is 7.99. The van der Waals surface area contributed by atoms with E-state index >= 15 is 0 Å². The summed E-state index contributed by atoms with van der Waals surface area (Å²) in [5, 5.41) is 10.4. The Kier molecular flexibility index (Phi) is 2.58. The molecule has 0 saturated heterocycles. The van der Waals surface area contributed by atoms with Crippen LogP contribution in [0.25, 0.3) is 5.69 Å². The van der Waals surface area contributed by atoms with E-state index in [2.05, 4.69) is 4.98 Å². The molecule has 0 unspecified atom stereocenters. The Balaban J connectivity index is 2.60. The molecule has 0 fully saturated rings. The summed E-state index contributed by atoms with van der Waals surface area (Å²) in [5.74, 6) is -2.01. The molecule has 0 bridgehead atoms. The number of aromatic nitrogens is 2. The monoisotopic (exact) mass is 239 g/mol. The first kappa shape index (κ1) is 11.2. The molecule has 0 aliphatic carbocycles. The second-order valence-corrected chi connectivity index (χ2v) is 3.44. The van der Waals surface area contributed by atoms with Crippen LogP contribution in [0.3, 0.4) is 0 Å². The summed E-state index contributed by atoms with van der Waals surface area (Å²) in [6.45, 7) is 1.66. The third kappa shape index (κ3) is 1.99. The van der Waals surface area contributed by atoms with Crippen LogP contribution in [-0.4, -0.2) is 14.5 Å². The van der Waals surface area contributed by atoms with Crippen molar-refractivity contribution in [1.82, 2.24) is 9.55 Å². The number of benzene rings is 1. The van der Waals surface area contributed by atoms with E-state index in [9.17, 15) is 18.9 Å². The van der Waals surface area contributed by atoms with Crippen molar-refractivity contribution in [3.05, 3.63) is 52.1 Å². The van der Waals surface area contributed by atoms with Crippen LogP contribution in [0.5, 0.6) is 0 Å². The summed E-state index contributed by atoms with van der Waals surface area (Å²) < 4.78 is 28.3. The van der Waals surface area contributed by atoms with Crippen LogP contribution in [-0.2, 0) is 0 Å². The fourth-order valence-corrected chi connectivity index (χ4v) is 1.45. The highest BCUT2D eigenvalue weighted by Crippen LogP contribution is 2.23. The second kappa shape index (κ2) is 3.93. The molecule has 7 heteroatoms. The van der Waals surface area contributed by atoms with Crippen LogP contribution in [0, 0.1) is 28.7 Å². The summed E-state index contributed by atoms with van der Waals surface area (Å²) in [7, 11) is 0. The maximum atomic E-state index is 13.6. The molecular weight excluding hydrogens is 232 g/mol. The van der Waals surface area contributed by atoms with Crippen molar-refractivity contribution in [3.8, 4) is 5.69 Å². The number of nitro groups is 1. The number of aryl methyl sites for hydroxylation is 1. The number of nitro benzene ring substituents is 1. The van der Waals surface area contributed by atoms with Crippen molar-refractivity contribution in [1.29, 1.82) is 0 Å². The molecule has 0 amide bonds. The summed E-state index contributed by atoms with van der Waals surface area (Å²) in [6, 6.07) is 1.35. The van der Waals surface area contributed by atoms with Gasteiger partial charge in [-0.3, -0.25) is 10.1 Å². The molecule has 0 N–H and O–H groups in total. The largest absolute Gasteiger partial charge is 0.301 e. The Bertz CT molecular complexity index is 572. The predicted molar refractivity (Wildman–Crippen MR) is 54.9 cm³/mol. The van der Waals surface area contributed by atoms with Gasteiger partial charge in [0.2, 0.25) is 0 Å². The minimum absolute atomic E-state index is 0.379. The fourth-order valence-electron chi connectivity index (χ4n) is 1.45. The van der Waals surface area contributed by atoms with Gasteiger partial charge in [-0.25, -0.2) is 13.8 Å². The van der Waals surface area contributed by atoms with Crippen molar-refractivity contribution in [2.45, 2.75) is 6.92 Å². The number of hydrogen-bond donors (Lipinski definition) is 0. The molecule has 5 nitrogen and oxygen atoms in total. The van der Waals surface area contributed by atoms with E-state index in [1.807, 2.05) is 0 Å². The van der Waals surface area contributed by atoms with Gasteiger partial charge in [-0.15, -0.1) is 0 Å². The molecule has 0 radical (unpaired) electrons. The summed E-state index contributed by atoms with van der Waals surface area (Å²) in [6.07, 6.45) is 2.66. The molecule has 2 aromatic rings. The van der Waals surface area contributed by atoms with Gasteiger partial charge in [0, 0.05) is 6.20 Å². The zero-order valence-corrected chi connectivity index (χ0v) is 8.72. The Morgan fingerprint density at radius 1 is 1.35 bits per heavy atom. The van der Waals surface area contributed by atoms with Gasteiger partial charge < -0.3 is 4.57 Å². The van der Waals surface area contributed by atoms with Crippen LogP contribution in [0.15, 0.2) is 24.7 Å². The molecule has 0 atom stereocenters. The molecule has 1 aromatic carbocycles. The first-order valence-electron chi connectivity index (χ1n) is 4.63. The molecule has 17 heavy (non-hydrogen) atoms. The highest BCUT2D eigenvalue weighted by molar-refractivity contribution is 5.44. The maximum absolute atomic E-state index is 13.6. The number of rotatable bonds is 2. The Hall–Kier alpha value is -2.31. The smallest absolute Gasteiger partial charge is 0.275 e. The number of halogens is 2. The maximum Gasteiger partial charge on any atom is 0.275 e. The fraction of sp³-hybridized carbons (Fsp3) is 0.100. The average molecular weight is 239 g/mol. The molecule has 0 saturated carbocycles. The summed E-state index contributed by atoms with van der Waals surface area (Å²) >= 11 is 0. The molecule has 2 rings (SSSR count). The van der Waals surface area contributed by atoms with Gasteiger partial charge in [0.25, 0.3) is 5.69 Å².